The maximum Gasteiger partial charge on any atom is 0.251 e. The summed E-state index contributed by atoms with van der Waals surface area (Å²) in [6, 6.07) is 11.5. The third-order valence-corrected chi connectivity index (χ3v) is 4.24. The highest BCUT2D eigenvalue weighted by Gasteiger charge is 2.24. The lowest BCUT2D eigenvalue weighted by molar-refractivity contribution is 0.125. The highest BCUT2D eigenvalue weighted by molar-refractivity contribution is 5.78. The first-order chi connectivity index (χ1) is 9.25. The average molecular weight is 257 g/mol. The normalized spacial score (nSPS) is 23.0. The molecule has 1 saturated carbocycles. The van der Waals surface area contributed by atoms with Gasteiger partial charge < -0.3 is 9.67 Å². The molecule has 2 aromatic rings. The predicted molar refractivity (Wildman–Crippen MR) is 76.2 cm³/mol. The van der Waals surface area contributed by atoms with Gasteiger partial charge in [0, 0.05) is 12.6 Å². The number of nitrogens with zero attached hydrogens (tertiary/aromatic N) is 1. The van der Waals surface area contributed by atoms with Crippen LogP contribution in [0, 0.1) is 5.92 Å². The summed E-state index contributed by atoms with van der Waals surface area (Å²) in [4.78, 5) is 12.0. The molecule has 1 aliphatic carbocycles. The molecule has 1 heterocycles. The van der Waals surface area contributed by atoms with Gasteiger partial charge in [-0.05, 0) is 42.7 Å². The zero-order valence-electron chi connectivity index (χ0n) is 11.0. The quantitative estimate of drug-likeness (QED) is 0.918. The molecule has 0 saturated heterocycles. The van der Waals surface area contributed by atoms with Crippen LogP contribution in [-0.4, -0.2) is 15.8 Å². The van der Waals surface area contributed by atoms with Crippen LogP contribution in [0.2, 0.25) is 0 Å². The van der Waals surface area contributed by atoms with Gasteiger partial charge in [0.25, 0.3) is 5.56 Å². The Morgan fingerprint density at radius 3 is 2.79 bits per heavy atom. The van der Waals surface area contributed by atoms with Gasteiger partial charge in [0.1, 0.15) is 0 Å². The van der Waals surface area contributed by atoms with Crippen LogP contribution in [0.25, 0.3) is 10.9 Å². The molecule has 0 amide bonds. The zero-order valence-corrected chi connectivity index (χ0v) is 11.0. The van der Waals surface area contributed by atoms with E-state index in [4.69, 9.17) is 0 Å². The summed E-state index contributed by atoms with van der Waals surface area (Å²) in [5.41, 5.74) is 1.04. The van der Waals surface area contributed by atoms with E-state index in [-0.39, 0.29) is 11.7 Å². The van der Waals surface area contributed by atoms with E-state index in [1.165, 1.54) is 0 Å². The summed E-state index contributed by atoms with van der Waals surface area (Å²) in [7, 11) is 0. The van der Waals surface area contributed by atoms with E-state index in [0.717, 1.165) is 36.6 Å². The van der Waals surface area contributed by atoms with E-state index in [1.807, 2.05) is 34.9 Å². The van der Waals surface area contributed by atoms with E-state index < -0.39 is 0 Å². The molecule has 3 rings (SSSR count). The van der Waals surface area contributed by atoms with Crippen molar-refractivity contribution in [2.45, 2.75) is 38.3 Å². The molecule has 1 N–H and O–H groups in total. The molecule has 0 aliphatic heterocycles. The van der Waals surface area contributed by atoms with Crippen LogP contribution >= 0.6 is 0 Å². The fraction of sp³-hybridized carbons (Fsp3) is 0.438. The monoisotopic (exact) mass is 257 g/mol. The van der Waals surface area contributed by atoms with Crippen LogP contribution in [0.4, 0.5) is 0 Å². The van der Waals surface area contributed by atoms with E-state index in [0.29, 0.717) is 12.5 Å². The lowest BCUT2D eigenvalue weighted by Crippen LogP contribution is -2.22. The molecule has 0 radical (unpaired) electrons. The number of aromatic nitrogens is 1. The van der Waals surface area contributed by atoms with Crippen LogP contribution in [0.3, 0.4) is 0 Å². The standard InChI is InChI=1S/C16H19NO2/c18-15-7-3-5-13(15)10-11-17-14-6-2-1-4-12(14)8-9-16(17)19/h1-2,4,6,8-9,13,15,18H,3,5,7,10-11H2. The molecule has 2 atom stereocenters. The van der Waals surface area contributed by atoms with Gasteiger partial charge in [0.2, 0.25) is 0 Å². The van der Waals surface area contributed by atoms with Crippen molar-refractivity contribution in [2.24, 2.45) is 5.92 Å². The van der Waals surface area contributed by atoms with Gasteiger partial charge >= 0.3 is 0 Å². The summed E-state index contributed by atoms with van der Waals surface area (Å²) in [6.07, 6.45) is 3.81. The van der Waals surface area contributed by atoms with E-state index in [1.54, 1.807) is 6.07 Å². The molecule has 3 nitrogen and oxygen atoms in total. The summed E-state index contributed by atoms with van der Waals surface area (Å²) in [6.45, 7) is 0.696. The van der Waals surface area contributed by atoms with Gasteiger partial charge in [0.05, 0.1) is 11.6 Å². The number of hydrogen-bond acceptors (Lipinski definition) is 2. The lowest BCUT2D eigenvalue weighted by Gasteiger charge is -2.16. The molecule has 0 bridgehead atoms. The smallest absolute Gasteiger partial charge is 0.251 e. The number of benzene rings is 1. The first-order valence-corrected chi connectivity index (χ1v) is 7.02. The van der Waals surface area contributed by atoms with Crippen molar-refractivity contribution in [1.82, 2.24) is 4.57 Å². The Morgan fingerprint density at radius 2 is 2.00 bits per heavy atom. The minimum Gasteiger partial charge on any atom is -0.393 e. The molecular formula is C16H19NO2. The second-order valence-corrected chi connectivity index (χ2v) is 5.43. The van der Waals surface area contributed by atoms with Crippen LogP contribution in [0.1, 0.15) is 25.7 Å². The number of hydrogen-bond donors (Lipinski definition) is 1. The van der Waals surface area contributed by atoms with Gasteiger partial charge in [0.15, 0.2) is 0 Å². The van der Waals surface area contributed by atoms with Crippen molar-refractivity contribution in [3.05, 3.63) is 46.8 Å². The molecule has 0 spiro atoms. The summed E-state index contributed by atoms with van der Waals surface area (Å²) >= 11 is 0. The molecule has 100 valence electrons. The molecule has 3 heteroatoms. The fourth-order valence-electron chi connectivity index (χ4n) is 3.12. The maximum absolute atomic E-state index is 12.0. The van der Waals surface area contributed by atoms with Gasteiger partial charge in [-0.1, -0.05) is 24.6 Å². The number of para-hydroxylation sites is 1. The Bertz CT molecular complexity index is 632. The topological polar surface area (TPSA) is 42.2 Å². The molecular weight excluding hydrogens is 238 g/mol. The first-order valence-electron chi connectivity index (χ1n) is 7.02. The Labute approximate surface area is 112 Å². The number of aryl methyl sites for hydroxylation is 1. The third-order valence-electron chi connectivity index (χ3n) is 4.24. The average Bonchev–Trinajstić information content (AvgIpc) is 2.83. The van der Waals surface area contributed by atoms with Crippen molar-refractivity contribution in [1.29, 1.82) is 0 Å². The molecule has 1 aromatic carbocycles. The molecule has 1 aromatic heterocycles. The third kappa shape index (κ3) is 2.43. The summed E-state index contributed by atoms with van der Waals surface area (Å²) < 4.78 is 1.83. The van der Waals surface area contributed by atoms with Gasteiger partial charge in [-0.25, -0.2) is 0 Å². The first kappa shape index (κ1) is 12.4. The van der Waals surface area contributed by atoms with E-state index in [9.17, 15) is 9.90 Å². The van der Waals surface area contributed by atoms with Crippen molar-refractivity contribution in [2.75, 3.05) is 0 Å². The summed E-state index contributed by atoms with van der Waals surface area (Å²) in [5, 5.41) is 11.0. The number of rotatable bonds is 3. The van der Waals surface area contributed by atoms with Crippen molar-refractivity contribution in [3.8, 4) is 0 Å². The zero-order chi connectivity index (χ0) is 13.2. The highest BCUT2D eigenvalue weighted by Crippen LogP contribution is 2.28. The maximum atomic E-state index is 12.0. The Balaban J connectivity index is 1.87. The summed E-state index contributed by atoms with van der Waals surface area (Å²) in [5.74, 6) is 0.353. The second kappa shape index (κ2) is 5.17. The molecule has 19 heavy (non-hydrogen) atoms. The van der Waals surface area contributed by atoms with E-state index >= 15 is 0 Å². The van der Waals surface area contributed by atoms with Crippen LogP contribution in [-0.2, 0) is 6.54 Å². The van der Waals surface area contributed by atoms with Crippen molar-refractivity contribution in [3.63, 3.8) is 0 Å². The molecule has 2 unspecified atom stereocenters. The second-order valence-electron chi connectivity index (χ2n) is 5.43. The Kier molecular flexibility index (Phi) is 3.38. The molecule has 1 fully saturated rings. The lowest BCUT2D eigenvalue weighted by atomic mass is 10.0. The number of aliphatic hydroxyl groups is 1. The van der Waals surface area contributed by atoms with Crippen molar-refractivity contribution < 1.29 is 5.11 Å². The number of fused-ring (bicyclic) bond motifs is 1. The number of pyridine rings is 1. The van der Waals surface area contributed by atoms with Crippen molar-refractivity contribution >= 4 is 10.9 Å². The predicted octanol–water partition coefficient (Wildman–Crippen LogP) is 2.55. The van der Waals surface area contributed by atoms with E-state index in [2.05, 4.69) is 0 Å². The van der Waals surface area contributed by atoms with Gasteiger partial charge in [-0.3, -0.25) is 4.79 Å². The van der Waals surface area contributed by atoms with Crippen LogP contribution < -0.4 is 5.56 Å². The SMILES string of the molecule is O=c1ccc2ccccc2n1CCC1CCCC1O. The number of aliphatic hydroxyl groups excluding tert-OH is 1. The van der Waals surface area contributed by atoms with Gasteiger partial charge in [-0.15, -0.1) is 0 Å². The minimum absolute atomic E-state index is 0.0474. The largest absolute Gasteiger partial charge is 0.393 e. The highest BCUT2D eigenvalue weighted by atomic mass is 16.3. The Morgan fingerprint density at radius 1 is 1.16 bits per heavy atom. The molecule has 1 aliphatic rings. The Hall–Kier alpha value is -1.61. The minimum atomic E-state index is -0.175. The van der Waals surface area contributed by atoms with Crippen LogP contribution in [0.5, 0.6) is 0 Å². The van der Waals surface area contributed by atoms with Crippen LogP contribution in [0.15, 0.2) is 41.2 Å². The fourth-order valence-corrected chi connectivity index (χ4v) is 3.12. The van der Waals surface area contributed by atoms with Gasteiger partial charge in [-0.2, -0.15) is 0 Å².